The van der Waals surface area contributed by atoms with Gasteiger partial charge in [0.15, 0.2) is 18.1 Å². The van der Waals surface area contributed by atoms with Crippen LogP contribution in [0.2, 0.25) is 0 Å². The van der Waals surface area contributed by atoms with Gasteiger partial charge in [0, 0.05) is 26.4 Å². The van der Waals surface area contributed by atoms with Crippen molar-refractivity contribution in [3.63, 3.8) is 0 Å². The summed E-state index contributed by atoms with van der Waals surface area (Å²) in [6.07, 6.45) is 3.24. The maximum atomic E-state index is 12.2. The van der Waals surface area contributed by atoms with E-state index in [-0.39, 0.29) is 12.5 Å². The van der Waals surface area contributed by atoms with Gasteiger partial charge in [-0.2, -0.15) is 5.26 Å². The number of pyridine rings is 1. The van der Waals surface area contributed by atoms with Gasteiger partial charge in [0.1, 0.15) is 0 Å². The van der Waals surface area contributed by atoms with Crippen LogP contribution in [-0.4, -0.2) is 38.2 Å². The molecule has 0 unspecified atom stereocenters. The first kappa shape index (κ1) is 18.1. The third-order valence-corrected chi connectivity index (χ3v) is 3.29. The highest BCUT2D eigenvalue weighted by Crippen LogP contribution is 2.28. The second kappa shape index (κ2) is 8.55. The van der Waals surface area contributed by atoms with Crippen LogP contribution in [-0.2, 0) is 4.79 Å². The first-order chi connectivity index (χ1) is 12.0. The Hall–Kier alpha value is -3.27. The lowest BCUT2D eigenvalue weighted by molar-refractivity contribution is -0.118. The van der Waals surface area contributed by atoms with E-state index in [1.807, 2.05) is 38.1 Å². The molecular weight excluding hydrogens is 320 g/mol. The molecule has 0 saturated heterocycles. The Balaban J connectivity index is 2.05. The highest BCUT2D eigenvalue weighted by atomic mass is 16.5. The number of nitrogens with zero attached hydrogens (tertiary/aromatic N) is 3. The number of amides is 1. The number of hydrogen-bond donors (Lipinski definition) is 1. The summed E-state index contributed by atoms with van der Waals surface area (Å²) in [5.41, 5.74) is 1.91. The normalized spacial score (nSPS) is 9.84. The lowest BCUT2D eigenvalue weighted by Gasteiger charge is -2.17. The van der Waals surface area contributed by atoms with Gasteiger partial charge in [0.25, 0.3) is 5.91 Å². The summed E-state index contributed by atoms with van der Waals surface area (Å²) >= 11 is 0. The van der Waals surface area contributed by atoms with Crippen molar-refractivity contribution in [2.24, 2.45) is 0 Å². The predicted molar refractivity (Wildman–Crippen MR) is 95.0 cm³/mol. The van der Waals surface area contributed by atoms with E-state index in [4.69, 9.17) is 14.7 Å². The number of carbonyl (C=O) groups excluding carboxylic acids is 1. The first-order valence-electron chi connectivity index (χ1n) is 7.76. The summed E-state index contributed by atoms with van der Waals surface area (Å²) in [7, 11) is 3.76. The van der Waals surface area contributed by atoms with Crippen LogP contribution < -0.4 is 19.7 Å². The number of benzene rings is 1. The lowest BCUT2D eigenvalue weighted by Crippen LogP contribution is -2.22. The maximum absolute atomic E-state index is 12.2. The average molecular weight is 340 g/mol. The summed E-state index contributed by atoms with van der Waals surface area (Å²) < 4.78 is 11.0. The zero-order valence-electron chi connectivity index (χ0n) is 14.4. The molecule has 1 aromatic carbocycles. The van der Waals surface area contributed by atoms with Crippen LogP contribution in [0, 0.1) is 11.3 Å². The third-order valence-electron chi connectivity index (χ3n) is 3.29. The molecule has 1 aromatic heterocycles. The van der Waals surface area contributed by atoms with E-state index >= 15 is 0 Å². The molecule has 7 heteroatoms. The summed E-state index contributed by atoms with van der Waals surface area (Å²) in [5.74, 6) is 0.530. The summed E-state index contributed by atoms with van der Waals surface area (Å²) in [6.45, 7) is 2.08. The van der Waals surface area contributed by atoms with E-state index in [9.17, 15) is 4.79 Å². The van der Waals surface area contributed by atoms with E-state index in [2.05, 4.69) is 10.3 Å². The topological polar surface area (TPSA) is 87.5 Å². The Morgan fingerprint density at radius 3 is 2.76 bits per heavy atom. The molecule has 0 aliphatic carbocycles. The molecular formula is C18H20N4O3. The minimum Gasteiger partial charge on any atom is -0.490 e. The fraction of sp³-hybridized carbons (Fsp3) is 0.278. The molecule has 0 aliphatic rings. The number of ether oxygens (including phenoxy) is 2. The van der Waals surface area contributed by atoms with Crippen LogP contribution in [0.3, 0.4) is 0 Å². The molecule has 0 bridgehead atoms. The summed E-state index contributed by atoms with van der Waals surface area (Å²) in [5, 5.41) is 11.7. The van der Waals surface area contributed by atoms with Gasteiger partial charge in [0.2, 0.25) is 0 Å². The van der Waals surface area contributed by atoms with Crippen LogP contribution in [0.15, 0.2) is 36.7 Å². The minimum atomic E-state index is -0.317. The van der Waals surface area contributed by atoms with Crippen LogP contribution in [0.4, 0.5) is 11.4 Å². The molecule has 25 heavy (non-hydrogen) atoms. The maximum Gasteiger partial charge on any atom is 0.262 e. The SMILES string of the molecule is CCOc1cc(C#N)ccc1OCC(=O)Nc1cnccc1N(C)C. The van der Waals surface area contributed by atoms with Crippen molar-refractivity contribution in [1.82, 2.24) is 4.98 Å². The van der Waals surface area contributed by atoms with Gasteiger partial charge in [-0.3, -0.25) is 9.78 Å². The Bertz CT molecular complexity index is 784. The molecule has 1 amide bonds. The molecule has 130 valence electrons. The molecule has 0 aliphatic heterocycles. The Morgan fingerprint density at radius 1 is 1.28 bits per heavy atom. The van der Waals surface area contributed by atoms with Crippen molar-refractivity contribution in [2.75, 3.05) is 37.5 Å². The average Bonchev–Trinajstić information content (AvgIpc) is 2.61. The number of anilines is 2. The van der Waals surface area contributed by atoms with E-state index < -0.39 is 0 Å². The van der Waals surface area contributed by atoms with Gasteiger partial charge in [-0.05, 0) is 25.1 Å². The number of hydrogen-bond acceptors (Lipinski definition) is 6. The second-order valence-electron chi connectivity index (χ2n) is 5.33. The highest BCUT2D eigenvalue weighted by Gasteiger charge is 2.12. The van der Waals surface area contributed by atoms with Gasteiger partial charge in [-0.15, -0.1) is 0 Å². The van der Waals surface area contributed by atoms with Crippen LogP contribution in [0.1, 0.15) is 12.5 Å². The van der Waals surface area contributed by atoms with Crippen LogP contribution >= 0.6 is 0 Å². The van der Waals surface area contributed by atoms with E-state index in [1.54, 1.807) is 30.6 Å². The Morgan fingerprint density at radius 2 is 2.08 bits per heavy atom. The monoisotopic (exact) mass is 340 g/mol. The van der Waals surface area contributed by atoms with E-state index in [1.165, 1.54) is 0 Å². The standard InChI is InChI=1S/C18H20N4O3/c1-4-24-17-9-13(10-19)5-6-16(17)25-12-18(23)21-14-11-20-8-7-15(14)22(2)3/h5-9,11H,4,12H2,1-3H3,(H,21,23). The molecule has 2 rings (SSSR count). The smallest absolute Gasteiger partial charge is 0.262 e. The lowest BCUT2D eigenvalue weighted by atomic mass is 10.2. The van der Waals surface area contributed by atoms with Crippen molar-refractivity contribution in [1.29, 1.82) is 5.26 Å². The summed E-state index contributed by atoms with van der Waals surface area (Å²) in [6, 6.07) is 8.67. The Kier molecular flexibility index (Phi) is 6.18. The predicted octanol–water partition coefficient (Wildman–Crippen LogP) is 2.44. The zero-order valence-corrected chi connectivity index (χ0v) is 14.4. The van der Waals surface area contributed by atoms with Gasteiger partial charge < -0.3 is 19.7 Å². The largest absolute Gasteiger partial charge is 0.490 e. The molecule has 1 heterocycles. The number of nitrogens with one attached hydrogen (secondary N) is 1. The molecule has 0 radical (unpaired) electrons. The number of nitriles is 1. The highest BCUT2D eigenvalue weighted by molar-refractivity contribution is 5.95. The molecule has 0 atom stereocenters. The van der Waals surface area contributed by atoms with Gasteiger partial charge in [0.05, 0.1) is 35.8 Å². The van der Waals surface area contributed by atoms with Crippen molar-refractivity contribution in [3.05, 3.63) is 42.2 Å². The van der Waals surface area contributed by atoms with Crippen molar-refractivity contribution in [3.8, 4) is 17.6 Å². The molecule has 0 saturated carbocycles. The van der Waals surface area contributed by atoms with Crippen molar-refractivity contribution >= 4 is 17.3 Å². The first-order valence-corrected chi connectivity index (χ1v) is 7.76. The zero-order chi connectivity index (χ0) is 18.2. The van der Waals surface area contributed by atoms with Crippen LogP contribution in [0.25, 0.3) is 0 Å². The fourth-order valence-corrected chi connectivity index (χ4v) is 2.17. The van der Waals surface area contributed by atoms with Crippen LogP contribution in [0.5, 0.6) is 11.5 Å². The van der Waals surface area contributed by atoms with E-state index in [0.717, 1.165) is 5.69 Å². The second-order valence-corrected chi connectivity index (χ2v) is 5.33. The molecule has 2 aromatic rings. The van der Waals surface area contributed by atoms with E-state index in [0.29, 0.717) is 29.4 Å². The van der Waals surface area contributed by atoms with Crippen molar-refractivity contribution < 1.29 is 14.3 Å². The third kappa shape index (κ3) is 4.85. The van der Waals surface area contributed by atoms with Gasteiger partial charge in [-0.1, -0.05) is 0 Å². The molecule has 1 N–H and O–H groups in total. The Labute approximate surface area is 146 Å². The number of rotatable bonds is 7. The summed E-state index contributed by atoms with van der Waals surface area (Å²) in [4.78, 5) is 18.1. The quantitative estimate of drug-likeness (QED) is 0.833. The van der Waals surface area contributed by atoms with Gasteiger partial charge in [-0.25, -0.2) is 0 Å². The molecule has 0 spiro atoms. The molecule has 0 fully saturated rings. The number of carbonyl (C=O) groups is 1. The fourth-order valence-electron chi connectivity index (χ4n) is 2.17. The minimum absolute atomic E-state index is 0.187. The van der Waals surface area contributed by atoms with Gasteiger partial charge >= 0.3 is 0 Å². The van der Waals surface area contributed by atoms with Crippen molar-refractivity contribution in [2.45, 2.75) is 6.92 Å². The number of aromatic nitrogens is 1. The molecule has 7 nitrogen and oxygen atoms in total.